The van der Waals surface area contributed by atoms with Crippen LogP contribution in [0.4, 0.5) is 35.1 Å². The fourth-order valence-electron chi connectivity index (χ4n) is 1.43. The standard InChI is InChI=1S/C12H16F8O/c1-5-9(4,6-11(15,16)17)21-7-10(14,8(2,3)13)12(18,19)20/h5H,1,6-7H2,2-4H3. The highest BCUT2D eigenvalue weighted by molar-refractivity contribution is 5.03. The molecule has 21 heavy (non-hydrogen) atoms. The second kappa shape index (κ2) is 5.73. The Morgan fingerprint density at radius 2 is 1.33 bits per heavy atom. The molecule has 0 spiro atoms. The normalized spacial score (nSPS) is 19.8. The second-order valence-corrected chi connectivity index (χ2v) is 5.37. The first-order valence-electron chi connectivity index (χ1n) is 5.76. The number of alkyl halides is 8. The van der Waals surface area contributed by atoms with Gasteiger partial charge < -0.3 is 4.74 Å². The van der Waals surface area contributed by atoms with E-state index in [9.17, 15) is 35.1 Å². The van der Waals surface area contributed by atoms with E-state index in [-0.39, 0.29) is 0 Å². The molecule has 0 aliphatic heterocycles. The summed E-state index contributed by atoms with van der Waals surface area (Å²) in [6.45, 7) is 2.55. The molecule has 1 nitrogen and oxygen atoms in total. The number of hydrogen-bond acceptors (Lipinski definition) is 1. The summed E-state index contributed by atoms with van der Waals surface area (Å²) in [4.78, 5) is 0. The minimum atomic E-state index is -5.65. The molecule has 0 N–H and O–H groups in total. The predicted octanol–water partition coefficient (Wildman–Crippen LogP) is 4.92. The van der Waals surface area contributed by atoms with E-state index >= 15 is 0 Å². The molecule has 0 aliphatic carbocycles. The van der Waals surface area contributed by atoms with Gasteiger partial charge in [-0.05, 0) is 20.8 Å². The molecule has 0 radical (unpaired) electrons. The molecule has 9 heteroatoms. The molecule has 126 valence electrons. The van der Waals surface area contributed by atoms with Crippen LogP contribution < -0.4 is 0 Å². The van der Waals surface area contributed by atoms with Crippen LogP contribution in [0, 0.1) is 0 Å². The minimum Gasteiger partial charge on any atom is -0.367 e. The summed E-state index contributed by atoms with van der Waals surface area (Å²) in [7, 11) is 0. The molecule has 0 heterocycles. The van der Waals surface area contributed by atoms with Gasteiger partial charge in [0.1, 0.15) is 0 Å². The highest BCUT2D eigenvalue weighted by atomic mass is 19.4. The summed E-state index contributed by atoms with van der Waals surface area (Å²) in [6.07, 6.45) is -11.5. The largest absolute Gasteiger partial charge is 0.427 e. The molecule has 0 amide bonds. The maximum Gasteiger partial charge on any atom is 0.427 e. The maximum atomic E-state index is 14.0. The van der Waals surface area contributed by atoms with E-state index in [0.717, 1.165) is 6.92 Å². The number of halogens is 8. The van der Waals surface area contributed by atoms with Crippen molar-refractivity contribution in [3.8, 4) is 0 Å². The van der Waals surface area contributed by atoms with Gasteiger partial charge >= 0.3 is 12.4 Å². The molecule has 0 saturated carbocycles. The highest BCUT2D eigenvalue weighted by Gasteiger charge is 2.66. The van der Waals surface area contributed by atoms with Crippen molar-refractivity contribution in [1.82, 2.24) is 0 Å². The second-order valence-electron chi connectivity index (χ2n) is 5.37. The van der Waals surface area contributed by atoms with Gasteiger partial charge in [-0.25, -0.2) is 8.78 Å². The van der Waals surface area contributed by atoms with Crippen molar-refractivity contribution in [2.75, 3.05) is 6.61 Å². The van der Waals surface area contributed by atoms with Crippen LogP contribution in [-0.2, 0) is 4.74 Å². The monoisotopic (exact) mass is 328 g/mol. The Labute approximate surface area is 117 Å². The third-order valence-electron chi connectivity index (χ3n) is 2.98. The number of hydrogen-bond donors (Lipinski definition) is 0. The maximum absolute atomic E-state index is 14.0. The number of ether oxygens (including phenoxy) is 1. The van der Waals surface area contributed by atoms with Crippen LogP contribution in [0.25, 0.3) is 0 Å². The average molecular weight is 328 g/mol. The zero-order valence-electron chi connectivity index (χ0n) is 11.6. The van der Waals surface area contributed by atoms with Crippen LogP contribution in [0.2, 0.25) is 0 Å². The quantitative estimate of drug-likeness (QED) is 0.497. The SMILES string of the molecule is C=CC(C)(CC(F)(F)F)OCC(F)(C(C)(C)F)C(F)(F)F. The number of rotatable bonds is 6. The molecule has 0 fully saturated rings. The van der Waals surface area contributed by atoms with Crippen LogP contribution in [0.5, 0.6) is 0 Å². The fraction of sp³-hybridized carbons (Fsp3) is 0.833. The van der Waals surface area contributed by atoms with Gasteiger partial charge in [0.05, 0.1) is 18.6 Å². The third-order valence-corrected chi connectivity index (χ3v) is 2.98. The lowest BCUT2D eigenvalue weighted by Gasteiger charge is -2.38. The lowest BCUT2D eigenvalue weighted by molar-refractivity contribution is -0.291. The Morgan fingerprint density at radius 3 is 1.57 bits per heavy atom. The molecule has 0 aromatic heterocycles. The van der Waals surface area contributed by atoms with E-state index in [1.807, 2.05) is 0 Å². The Balaban J connectivity index is 5.28. The van der Waals surface area contributed by atoms with Crippen molar-refractivity contribution >= 4 is 0 Å². The zero-order chi connectivity index (χ0) is 17.3. The van der Waals surface area contributed by atoms with Gasteiger partial charge in [0.2, 0.25) is 0 Å². The molecule has 0 aromatic rings. The lowest BCUT2D eigenvalue weighted by atomic mass is 9.89. The molecule has 0 saturated heterocycles. The van der Waals surface area contributed by atoms with E-state index in [1.54, 1.807) is 0 Å². The summed E-state index contributed by atoms with van der Waals surface area (Å²) >= 11 is 0. The molecule has 0 aromatic carbocycles. The van der Waals surface area contributed by atoms with Crippen LogP contribution in [0.1, 0.15) is 27.2 Å². The van der Waals surface area contributed by atoms with E-state index in [4.69, 9.17) is 0 Å². The summed E-state index contributed by atoms with van der Waals surface area (Å²) in [6, 6.07) is 0. The fourth-order valence-corrected chi connectivity index (χ4v) is 1.43. The van der Waals surface area contributed by atoms with Gasteiger partial charge in [-0.1, -0.05) is 6.08 Å². The Morgan fingerprint density at radius 1 is 0.905 bits per heavy atom. The molecule has 0 rings (SSSR count). The molecule has 2 unspecified atom stereocenters. The molecule has 2 atom stereocenters. The van der Waals surface area contributed by atoms with Gasteiger partial charge in [-0.15, -0.1) is 6.58 Å². The summed E-state index contributed by atoms with van der Waals surface area (Å²) in [5.41, 5.74) is -10.1. The molecular formula is C12H16F8O. The third kappa shape index (κ3) is 5.12. The van der Waals surface area contributed by atoms with Gasteiger partial charge in [0.15, 0.2) is 5.67 Å². The van der Waals surface area contributed by atoms with Crippen LogP contribution in [0.15, 0.2) is 12.7 Å². The van der Waals surface area contributed by atoms with Gasteiger partial charge in [-0.3, -0.25) is 0 Å². The van der Waals surface area contributed by atoms with Crippen LogP contribution >= 0.6 is 0 Å². The smallest absolute Gasteiger partial charge is 0.367 e. The summed E-state index contributed by atoms with van der Waals surface area (Å²) < 4.78 is 107. The average Bonchev–Trinajstić information content (AvgIpc) is 2.20. The van der Waals surface area contributed by atoms with Gasteiger partial charge in [0.25, 0.3) is 5.67 Å². The van der Waals surface area contributed by atoms with Crippen molar-refractivity contribution in [3.05, 3.63) is 12.7 Å². The minimum absolute atomic E-state index is 0.332. The summed E-state index contributed by atoms with van der Waals surface area (Å²) in [5.74, 6) is 0. The van der Waals surface area contributed by atoms with Crippen molar-refractivity contribution in [1.29, 1.82) is 0 Å². The van der Waals surface area contributed by atoms with E-state index in [2.05, 4.69) is 11.3 Å². The Bertz CT molecular complexity index is 351. The first kappa shape index (κ1) is 20.1. The Kier molecular flexibility index (Phi) is 5.50. The van der Waals surface area contributed by atoms with Crippen LogP contribution in [-0.4, -0.2) is 35.9 Å². The summed E-state index contributed by atoms with van der Waals surface area (Å²) in [5, 5.41) is 0. The molecular weight excluding hydrogens is 312 g/mol. The zero-order valence-corrected chi connectivity index (χ0v) is 11.6. The van der Waals surface area contributed by atoms with E-state index in [0.29, 0.717) is 19.9 Å². The Hall–Kier alpha value is -0.860. The first-order chi connectivity index (χ1) is 8.97. The van der Waals surface area contributed by atoms with E-state index in [1.165, 1.54) is 0 Å². The highest BCUT2D eigenvalue weighted by Crippen LogP contribution is 2.45. The van der Waals surface area contributed by atoms with Crippen molar-refractivity contribution in [2.24, 2.45) is 0 Å². The van der Waals surface area contributed by atoms with Crippen molar-refractivity contribution < 1.29 is 39.9 Å². The van der Waals surface area contributed by atoms with Gasteiger partial charge in [0, 0.05) is 0 Å². The van der Waals surface area contributed by atoms with E-state index < -0.39 is 42.3 Å². The molecule has 0 aliphatic rings. The lowest BCUT2D eigenvalue weighted by Crippen LogP contribution is -2.58. The van der Waals surface area contributed by atoms with Crippen LogP contribution in [0.3, 0.4) is 0 Å². The van der Waals surface area contributed by atoms with Crippen molar-refractivity contribution in [2.45, 2.75) is 56.5 Å². The van der Waals surface area contributed by atoms with Crippen molar-refractivity contribution in [3.63, 3.8) is 0 Å². The predicted molar refractivity (Wildman–Crippen MR) is 60.3 cm³/mol. The topological polar surface area (TPSA) is 9.23 Å². The van der Waals surface area contributed by atoms with Gasteiger partial charge in [-0.2, -0.15) is 26.3 Å². The molecule has 0 bridgehead atoms. The first-order valence-corrected chi connectivity index (χ1v) is 5.76.